The van der Waals surface area contributed by atoms with E-state index < -0.39 is 0 Å². The van der Waals surface area contributed by atoms with E-state index in [0.29, 0.717) is 0 Å². The molecule has 0 aromatic rings. The maximum absolute atomic E-state index is 0. The number of hydrogen-bond acceptors (Lipinski definition) is 0. The fourth-order valence-electron chi connectivity index (χ4n) is 0. The predicted octanol–water partition coefficient (Wildman–Crippen LogP) is -0.813. The zero-order valence-corrected chi connectivity index (χ0v) is 15.0. The van der Waals surface area contributed by atoms with Gasteiger partial charge in [0.15, 0.2) is 0 Å². The van der Waals surface area contributed by atoms with Crippen LogP contribution in [0.25, 0.3) is 0 Å². The molecule has 0 bridgehead atoms. The molecule has 6 heteroatoms. The zero-order chi connectivity index (χ0) is 0. The first-order valence-corrected chi connectivity index (χ1v) is 0. The Hall–Kier alpha value is 3.11. The molecule has 0 saturated carbocycles. The van der Waals surface area contributed by atoms with E-state index in [2.05, 4.69) is 0 Å². The summed E-state index contributed by atoms with van der Waals surface area (Å²) in [5.41, 5.74) is 0. The van der Waals surface area contributed by atoms with Crippen molar-refractivity contribution < 1.29 is 46.8 Å². The molecule has 0 rings (SSSR count). The molecule has 0 N–H and O–H groups in total. The Morgan fingerprint density at radius 2 is 0.833 bits per heavy atom. The minimum Gasteiger partial charge on any atom is 2.00 e. The van der Waals surface area contributed by atoms with Gasteiger partial charge < -0.3 is 27.0 Å². The molecule has 0 saturated heterocycles. The molecule has 0 fully saturated rings. The predicted molar refractivity (Wildman–Crippen MR) is 33.7 cm³/mol. The Labute approximate surface area is 103 Å². The van der Waals surface area contributed by atoms with Gasteiger partial charge in [0.2, 0.25) is 0 Å². The second kappa shape index (κ2) is 42.3. The molecule has 0 aliphatic heterocycles. The van der Waals surface area contributed by atoms with Crippen molar-refractivity contribution in [2.45, 2.75) is 0 Å². The number of hydrogen-bond donors (Lipinski definition) is 0. The molecule has 6 heavy (non-hydrogen) atoms. The third kappa shape index (κ3) is 27.4. The molecule has 0 radical (unpaired) electrons. The summed E-state index contributed by atoms with van der Waals surface area (Å²) in [6.07, 6.45) is 0. The van der Waals surface area contributed by atoms with Gasteiger partial charge >= 0.3 is 63.8 Å². The van der Waals surface area contributed by atoms with Gasteiger partial charge in [0, 0.05) is 0 Å². The third-order valence-corrected chi connectivity index (χ3v) is 0. The topological polar surface area (TPSA) is 0 Å². The largest absolute Gasteiger partial charge is 2.00 e. The van der Waals surface area contributed by atoms with Crippen molar-refractivity contribution in [2.24, 2.45) is 0 Å². The smallest absolute Gasteiger partial charge is 2.00 e. The second-order valence-electron chi connectivity index (χ2n) is 0. The molecule has 0 nitrogen and oxygen atoms in total. The van der Waals surface area contributed by atoms with Gasteiger partial charge in [-0.25, -0.2) is 0 Å². The van der Waals surface area contributed by atoms with Crippen molar-refractivity contribution in [1.82, 2.24) is 0 Å². The Morgan fingerprint density at radius 3 is 0.833 bits per heavy atom. The zero-order valence-electron chi connectivity index (χ0n) is 3.23. The molecular weight excluding hydrogens is 353 g/mol. The van der Waals surface area contributed by atoms with Gasteiger partial charge in [0.1, 0.15) is 0 Å². The summed E-state index contributed by atoms with van der Waals surface area (Å²) in [6.45, 7) is 0. The van der Waals surface area contributed by atoms with Gasteiger partial charge in [-0.05, 0) is 0 Å². The molecule has 0 aliphatic rings. The van der Waals surface area contributed by atoms with E-state index >= 15 is 0 Å². The van der Waals surface area contributed by atoms with Crippen molar-refractivity contribution in [2.75, 3.05) is 0 Å². The van der Waals surface area contributed by atoms with Crippen molar-refractivity contribution in [3.05, 3.63) is 0 Å². The summed E-state index contributed by atoms with van der Waals surface area (Å²) in [6, 6.07) is 0. The molecule has 0 amide bonds. The van der Waals surface area contributed by atoms with Gasteiger partial charge in [-0.1, -0.05) is 0 Å². The van der Waals surface area contributed by atoms with Crippen LogP contribution in [0.15, 0.2) is 0 Å². The van der Waals surface area contributed by atoms with Crippen LogP contribution in [0.5, 0.6) is 0 Å². The van der Waals surface area contributed by atoms with E-state index in [0.717, 1.165) is 0 Å². The van der Waals surface area contributed by atoms with Crippen molar-refractivity contribution in [1.29, 1.82) is 0 Å². The van der Waals surface area contributed by atoms with E-state index in [4.69, 9.17) is 0 Å². The van der Waals surface area contributed by atoms with E-state index in [9.17, 15) is 0 Å². The first-order valence-electron chi connectivity index (χ1n) is 0. The van der Waals surface area contributed by atoms with Crippen LogP contribution in [0.3, 0.4) is 0 Å². The molecule has 0 aromatic carbocycles. The fourth-order valence-corrected chi connectivity index (χ4v) is 0. The fraction of sp³-hybridized carbons (Fsp3) is 0. The molecule has 0 atom stereocenters. The van der Waals surface area contributed by atoms with Crippen LogP contribution in [0, 0.1) is 0 Å². The quantitative estimate of drug-likeness (QED) is 0.498. The maximum atomic E-state index is 0. The van der Waals surface area contributed by atoms with E-state index in [1.807, 2.05) is 0 Å². The van der Waals surface area contributed by atoms with Gasteiger partial charge in [-0.15, -0.1) is 0 Å². The maximum Gasteiger partial charge on any atom is 2.00 e. The standard InChI is InChI=1S/Cd.H2S.2S.H2Se.Zn/h;1H2;;;1H2;/q+2;;2*-2;;+2. The Morgan fingerprint density at radius 1 is 0.833 bits per heavy atom. The van der Waals surface area contributed by atoms with E-state index in [-0.39, 0.29) is 104 Å². The molecule has 0 aliphatic carbocycles. The van der Waals surface area contributed by atoms with Gasteiger partial charge in [-0.3, -0.25) is 0 Å². The molecule has 0 unspecified atom stereocenters. The summed E-state index contributed by atoms with van der Waals surface area (Å²) < 4.78 is 0. The van der Waals surface area contributed by atoms with Crippen LogP contribution in [0.1, 0.15) is 0 Å². The molecule has 0 aromatic heterocycles. The summed E-state index contributed by atoms with van der Waals surface area (Å²) in [4.78, 5) is 0. The van der Waals surface area contributed by atoms with Crippen LogP contribution in [0.2, 0.25) is 0 Å². The summed E-state index contributed by atoms with van der Waals surface area (Å²) in [5.74, 6) is 0. The molecular formula is H4CdS3SeZn. The van der Waals surface area contributed by atoms with Crippen molar-refractivity contribution in [3.8, 4) is 0 Å². The Kier molecular flexibility index (Phi) is 437. The average Bonchev–Trinajstić information content (AvgIpc) is 0. The third-order valence-electron chi connectivity index (χ3n) is 0. The summed E-state index contributed by atoms with van der Waals surface area (Å²) in [7, 11) is 0. The monoisotopic (exact) mass is 358 g/mol. The van der Waals surface area contributed by atoms with Gasteiger partial charge in [-0.2, -0.15) is 13.5 Å². The van der Waals surface area contributed by atoms with Crippen LogP contribution in [-0.2, 0) is 73.8 Å². The average molecular weight is 357 g/mol. The van der Waals surface area contributed by atoms with Crippen LogP contribution in [-0.4, -0.2) is 17.1 Å². The summed E-state index contributed by atoms with van der Waals surface area (Å²) >= 11 is 0. The van der Waals surface area contributed by atoms with Crippen LogP contribution >= 0.6 is 13.5 Å². The van der Waals surface area contributed by atoms with E-state index in [1.54, 1.807) is 0 Å². The van der Waals surface area contributed by atoms with Gasteiger partial charge in [0.25, 0.3) is 0 Å². The molecule has 0 heterocycles. The summed E-state index contributed by atoms with van der Waals surface area (Å²) in [5, 5.41) is 0. The van der Waals surface area contributed by atoms with Gasteiger partial charge in [0.05, 0.1) is 0 Å². The van der Waals surface area contributed by atoms with Crippen molar-refractivity contribution >= 4 is 57.6 Å². The minimum atomic E-state index is 0. The minimum absolute atomic E-state index is 0. The number of rotatable bonds is 0. The van der Waals surface area contributed by atoms with Crippen molar-refractivity contribution in [3.63, 3.8) is 0 Å². The normalized spacial score (nSPS) is 0. The molecule has 0 spiro atoms. The second-order valence-corrected chi connectivity index (χ2v) is 0. The SMILES string of the molecule is S.[Cd+2].[S-2].[S-2].[SeH2].[Zn+2]. The van der Waals surface area contributed by atoms with Crippen LogP contribution in [0.4, 0.5) is 0 Å². The first kappa shape index (κ1) is 61.9. The Bertz CT molecular complexity index is 10.8. The first-order chi connectivity index (χ1) is 0. The van der Waals surface area contributed by atoms with E-state index in [1.165, 1.54) is 0 Å². The Balaban J connectivity index is 0. The molecule has 32 valence electrons. The van der Waals surface area contributed by atoms with Crippen LogP contribution < -0.4 is 0 Å².